The highest BCUT2D eigenvalue weighted by Crippen LogP contribution is 2.29. The molecule has 172 valence electrons. The van der Waals surface area contributed by atoms with Crippen LogP contribution in [0, 0.1) is 5.82 Å². The number of nitrogens with zero attached hydrogens (tertiary/aromatic N) is 4. The lowest BCUT2D eigenvalue weighted by molar-refractivity contribution is -0.113. The zero-order valence-corrected chi connectivity index (χ0v) is 19.5. The number of carbonyl (C=O) groups is 2. The highest BCUT2D eigenvalue weighted by atomic mass is 32.2. The van der Waals surface area contributed by atoms with Crippen LogP contribution in [-0.2, 0) is 9.53 Å². The smallest absolute Gasteiger partial charge is 0.337 e. The van der Waals surface area contributed by atoms with E-state index in [2.05, 4.69) is 30.1 Å². The molecular weight excluding hydrogens is 465 g/mol. The lowest BCUT2D eigenvalue weighted by Gasteiger charge is -2.35. The van der Waals surface area contributed by atoms with Gasteiger partial charge in [-0.25, -0.2) is 9.18 Å². The Hall–Kier alpha value is -3.18. The standard InChI is InChI=1S/C22H22FN5O3S2/c1-31-20(30)15-2-6-17(7-3-15)24-19(29)14-32-22-26-25-21(33-22)28-12-10-27(11-13-28)18-8-4-16(23)5-9-18/h2-9H,10-14H2,1H3,(H,24,29). The molecule has 2 heterocycles. The van der Waals surface area contributed by atoms with E-state index in [4.69, 9.17) is 0 Å². The minimum atomic E-state index is -0.424. The number of piperazine rings is 1. The maximum Gasteiger partial charge on any atom is 0.337 e. The van der Waals surface area contributed by atoms with Gasteiger partial charge >= 0.3 is 5.97 Å². The summed E-state index contributed by atoms with van der Waals surface area (Å²) in [5, 5.41) is 12.1. The van der Waals surface area contributed by atoms with Gasteiger partial charge in [-0.2, -0.15) is 0 Å². The third kappa shape index (κ3) is 5.99. The van der Waals surface area contributed by atoms with Gasteiger partial charge in [0.15, 0.2) is 4.34 Å². The molecule has 1 amide bonds. The van der Waals surface area contributed by atoms with Crippen LogP contribution >= 0.6 is 23.1 Å². The predicted molar refractivity (Wildman–Crippen MR) is 128 cm³/mol. The van der Waals surface area contributed by atoms with Crippen molar-refractivity contribution in [3.05, 3.63) is 59.9 Å². The Kier molecular flexibility index (Phi) is 7.40. The van der Waals surface area contributed by atoms with Crippen LogP contribution in [0.25, 0.3) is 0 Å². The molecule has 4 rings (SSSR count). The number of esters is 1. The molecule has 0 bridgehead atoms. The molecule has 2 aromatic carbocycles. The van der Waals surface area contributed by atoms with E-state index in [-0.39, 0.29) is 17.5 Å². The van der Waals surface area contributed by atoms with Crippen molar-refractivity contribution < 1.29 is 18.7 Å². The van der Waals surface area contributed by atoms with E-state index >= 15 is 0 Å². The molecule has 3 aromatic rings. The molecule has 1 aliphatic heterocycles. The topological polar surface area (TPSA) is 87.7 Å². The Labute approximate surface area is 198 Å². The number of methoxy groups -OCH3 is 1. The van der Waals surface area contributed by atoms with Crippen molar-refractivity contribution in [1.82, 2.24) is 10.2 Å². The number of aromatic nitrogens is 2. The second-order valence-electron chi connectivity index (χ2n) is 7.21. The Bertz CT molecular complexity index is 1100. The maximum absolute atomic E-state index is 13.1. The third-order valence-corrected chi connectivity index (χ3v) is 7.17. The Balaban J connectivity index is 1.24. The van der Waals surface area contributed by atoms with Gasteiger partial charge in [0.25, 0.3) is 0 Å². The zero-order valence-electron chi connectivity index (χ0n) is 17.9. The summed E-state index contributed by atoms with van der Waals surface area (Å²) >= 11 is 2.79. The van der Waals surface area contributed by atoms with Crippen molar-refractivity contribution in [1.29, 1.82) is 0 Å². The van der Waals surface area contributed by atoms with Crippen LogP contribution in [0.15, 0.2) is 52.9 Å². The quantitative estimate of drug-likeness (QED) is 0.400. The van der Waals surface area contributed by atoms with Gasteiger partial charge in [0.2, 0.25) is 11.0 Å². The molecule has 0 aliphatic carbocycles. The number of thioether (sulfide) groups is 1. The number of hydrogen-bond donors (Lipinski definition) is 1. The Morgan fingerprint density at radius 2 is 1.70 bits per heavy atom. The molecule has 1 aliphatic rings. The average molecular weight is 488 g/mol. The van der Waals surface area contributed by atoms with Gasteiger partial charge in [-0.05, 0) is 48.5 Å². The first-order chi connectivity index (χ1) is 16.0. The molecule has 1 saturated heterocycles. The number of nitrogens with one attached hydrogen (secondary N) is 1. The lowest BCUT2D eigenvalue weighted by Crippen LogP contribution is -2.46. The minimum absolute atomic E-state index is 0.171. The van der Waals surface area contributed by atoms with Crippen LogP contribution in [0.1, 0.15) is 10.4 Å². The predicted octanol–water partition coefficient (Wildman–Crippen LogP) is 3.52. The van der Waals surface area contributed by atoms with Gasteiger partial charge in [0, 0.05) is 37.6 Å². The van der Waals surface area contributed by atoms with E-state index in [1.807, 2.05) is 0 Å². The molecular formula is C22H22FN5O3S2. The van der Waals surface area contributed by atoms with E-state index in [9.17, 15) is 14.0 Å². The number of anilines is 3. The molecule has 0 atom stereocenters. The van der Waals surface area contributed by atoms with E-state index < -0.39 is 5.97 Å². The molecule has 0 saturated carbocycles. The highest BCUT2D eigenvalue weighted by molar-refractivity contribution is 8.01. The normalized spacial score (nSPS) is 13.6. The van der Waals surface area contributed by atoms with Gasteiger partial charge in [-0.1, -0.05) is 23.1 Å². The van der Waals surface area contributed by atoms with Crippen molar-refractivity contribution in [2.75, 3.05) is 54.2 Å². The first kappa shape index (κ1) is 23.0. The first-order valence-electron chi connectivity index (χ1n) is 10.2. The van der Waals surface area contributed by atoms with Gasteiger partial charge in [-0.15, -0.1) is 10.2 Å². The summed E-state index contributed by atoms with van der Waals surface area (Å²) in [6, 6.07) is 13.1. The number of ether oxygens (including phenoxy) is 1. The van der Waals surface area contributed by atoms with E-state index in [1.165, 1.54) is 42.3 Å². The molecule has 0 unspecified atom stereocenters. The van der Waals surface area contributed by atoms with Crippen LogP contribution in [0.3, 0.4) is 0 Å². The van der Waals surface area contributed by atoms with Crippen LogP contribution in [-0.4, -0.2) is 61.1 Å². The fourth-order valence-corrected chi connectivity index (χ4v) is 5.02. The molecule has 1 aromatic heterocycles. The monoisotopic (exact) mass is 487 g/mol. The largest absolute Gasteiger partial charge is 0.465 e. The summed E-state index contributed by atoms with van der Waals surface area (Å²) in [7, 11) is 1.32. The Morgan fingerprint density at radius 1 is 1.03 bits per heavy atom. The lowest BCUT2D eigenvalue weighted by atomic mass is 10.2. The van der Waals surface area contributed by atoms with Gasteiger partial charge < -0.3 is 19.9 Å². The number of amides is 1. The fourth-order valence-electron chi connectivity index (χ4n) is 3.33. The third-order valence-electron chi connectivity index (χ3n) is 5.05. The van der Waals surface area contributed by atoms with Crippen LogP contribution in [0.4, 0.5) is 20.9 Å². The van der Waals surface area contributed by atoms with Gasteiger partial charge in [0.1, 0.15) is 5.82 Å². The number of hydrogen-bond acceptors (Lipinski definition) is 9. The van der Waals surface area contributed by atoms with Crippen molar-refractivity contribution in [3.63, 3.8) is 0 Å². The number of benzene rings is 2. The summed E-state index contributed by atoms with van der Waals surface area (Å²) in [5.74, 6) is -0.629. The van der Waals surface area contributed by atoms with E-state index in [0.717, 1.165) is 41.3 Å². The van der Waals surface area contributed by atoms with Gasteiger partial charge in [0.05, 0.1) is 18.4 Å². The van der Waals surface area contributed by atoms with Crippen molar-refractivity contribution in [2.45, 2.75) is 4.34 Å². The van der Waals surface area contributed by atoms with Crippen molar-refractivity contribution in [2.24, 2.45) is 0 Å². The number of carbonyl (C=O) groups excluding carboxylic acids is 2. The van der Waals surface area contributed by atoms with E-state index in [1.54, 1.807) is 36.4 Å². The molecule has 0 radical (unpaired) electrons. The summed E-state index contributed by atoms with van der Waals surface area (Å²) in [4.78, 5) is 28.1. The molecule has 11 heteroatoms. The molecule has 1 N–H and O–H groups in total. The highest BCUT2D eigenvalue weighted by Gasteiger charge is 2.21. The molecule has 33 heavy (non-hydrogen) atoms. The Morgan fingerprint density at radius 3 is 2.36 bits per heavy atom. The molecule has 1 fully saturated rings. The summed E-state index contributed by atoms with van der Waals surface area (Å²) in [5.41, 5.74) is 2.03. The first-order valence-corrected chi connectivity index (χ1v) is 12.0. The van der Waals surface area contributed by atoms with Crippen LogP contribution in [0.5, 0.6) is 0 Å². The number of rotatable bonds is 7. The van der Waals surface area contributed by atoms with Crippen molar-refractivity contribution in [3.8, 4) is 0 Å². The fraction of sp³-hybridized carbons (Fsp3) is 0.273. The van der Waals surface area contributed by atoms with Crippen LogP contribution in [0.2, 0.25) is 0 Å². The SMILES string of the molecule is COC(=O)c1ccc(NC(=O)CSc2nnc(N3CCN(c4ccc(F)cc4)CC3)s2)cc1. The summed E-state index contributed by atoms with van der Waals surface area (Å²) < 4.78 is 18.5. The molecule has 8 nitrogen and oxygen atoms in total. The maximum atomic E-state index is 13.1. The van der Waals surface area contributed by atoms with Crippen molar-refractivity contribution >= 4 is 51.5 Å². The second kappa shape index (κ2) is 10.6. The number of halogens is 1. The second-order valence-corrected chi connectivity index (χ2v) is 9.39. The summed E-state index contributed by atoms with van der Waals surface area (Å²) in [6.07, 6.45) is 0. The minimum Gasteiger partial charge on any atom is -0.465 e. The van der Waals surface area contributed by atoms with Crippen LogP contribution < -0.4 is 15.1 Å². The van der Waals surface area contributed by atoms with Gasteiger partial charge in [-0.3, -0.25) is 4.79 Å². The zero-order chi connectivity index (χ0) is 23.2. The molecule has 0 spiro atoms. The summed E-state index contributed by atoms with van der Waals surface area (Å²) in [6.45, 7) is 3.20. The average Bonchev–Trinajstić information content (AvgIpc) is 3.32. The van der Waals surface area contributed by atoms with E-state index in [0.29, 0.717) is 11.3 Å².